The lowest BCUT2D eigenvalue weighted by atomic mass is 10.1. The molecule has 1 saturated heterocycles. The summed E-state index contributed by atoms with van der Waals surface area (Å²) in [6.45, 7) is 14.2. The fraction of sp³-hybridized carbons (Fsp3) is 0.667. The van der Waals surface area contributed by atoms with E-state index < -0.39 is 10.0 Å². The maximum Gasteiger partial charge on any atom is 0.243 e. The standard InChI is InChI=1S/C21H35N3O4S/c1-7-28-19-8-10-20(11-9-19)29(26,27)23-14-12-22(13-15-23)18(6)21(25)24(16(2)3)17(4)5/h8-11,16-18H,7,12-15H2,1-6H3/t18-/m1/s1. The normalized spacial score (nSPS) is 17.5. The highest BCUT2D eigenvalue weighted by atomic mass is 32.2. The quantitative estimate of drug-likeness (QED) is 0.640. The summed E-state index contributed by atoms with van der Waals surface area (Å²) in [5.74, 6) is 0.751. The molecule has 164 valence electrons. The number of ether oxygens (including phenoxy) is 1. The molecule has 8 heteroatoms. The number of piperazine rings is 1. The second-order valence-electron chi connectivity index (χ2n) is 7.95. The fourth-order valence-corrected chi connectivity index (χ4v) is 5.25. The third kappa shape index (κ3) is 5.49. The van der Waals surface area contributed by atoms with Gasteiger partial charge in [0.2, 0.25) is 15.9 Å². The van der Waals surface area contributed by atoms with Crippen molar-refractivity contribution in [1.82, 2.24) is 14.1 Å². The van der Waals surface area contributed by atoms with Crippen LogP contribution in [-0.2, 0) is 14.8 Å². The van der Waals surface area contributed by atoms with E-state index in [1.165, 1.54) is 4.31 Å². The number of hydrogen-bond acceptors (Lipinski definition) is 5. The molecule has 1 amide bonds. The van der Waals surface area contributed by atoms with Crippen LogP contribution >= 0.6 is 0 Å². The number of sulfonamides is 1. The minimum atomic E-state index is -3.55. The van der Waals surface area contributed by atoms with E-state index >= 15 is 0 Å². The van der Waals surface area contributed by atoms with Crippen molar-refractivity contribution in [2.24, 2.45) is 0 Å². The fourth-order valence-electron chi connectivity index (χ4n) is 3.83. The second kappa shape index (κ2) is 9.91. The first-order valence-electron chi connectivity index (χ1n) is 10.4. The third-order valence-electron chi connectivity index (χ3n) is 5.32. The average Bonchev–Trinajstić information content (AvgIpc) is 2.67. The van der Waals surface area contributed by atoms with Crippen LogP contribution in [0, 0.1) is 0 Å². The van der Waals surface area contributed by atoms with Gasteiger partial charge in [-0.15, -0.1) is 0 Å². The zero-order valence-corrected chi connectivity index (χ0v) is 19.3. The summed E-state index contributed by atoms with van der Waals surface area (Å²) in [4.78, 5) is 17.2. The Morgan fingerprint density at radius 2 is 1.52 bits per heavy atom. The van der Waals surface area contributed by atoms with Gasteiger partial charge in [0.1, 0.15) is 5.75 Å². The van der Waals surface area contributed by atoms with Gasteiger partial charge in [-0.25, -0.2) is 8.42 Å². The van der Waals surface area contributed by atoms with E-state index in [9.17, 15) is 13.2 Å². The summed E-state index contributed by atoms with van der Waals surface area (Å²) in [6, 6.07) is 6.52. The van der Waals surface area contributed by atoms with Crippen molar-refractivity contribution in [1.29, 1.82) is 0 Å². The first kappa shape index (κ1) is 23.6. The summed E-state index contributed by atoms with van der Waals surface area (Å²) < 4.78 is 32.8. The number of hydrogen-bond donors (Lipinski definition) is 0. The van der Waals surface area contributed by atoms with Crippen LogP contribution in [0.4, 0.5) is 0 Å². The topological polar surface area (TPSA) is 70.2 Å². The Hall–Kier alpha value is -1.64. The van der Waals surface area contributed by atoms with Crippen LogP contribution in [0.1, 0.15) is 41.5 Å². The molecule has 0 spiro atoms. The molecule has 1 aliphatic rings. The molecule has 0 unspecified atom stereocenters. The molecular formula is C21H35N3O4S. The summed E-state index contributed by atoms with van der Waals surface area (Å²) in [7, 11) is -3.55. The number of carbonyl (C=O) groups is 1. The van der Waals surface area contributed by atoms with Crippen LogP contribution < -0.4 is 4.74 Å². The van der Waals surface area contributed by atoms with Gasteiger partial charge < -0.3 is 9.64 Å². The van der Waals surface area contributed by atoms with Gasteiger partial charge in [-0.05, 0) is 65.8 Å². The number of nitrogens with zero attached hydrogens (tertiary/aromatic N) is 3. The minimum Gasteiger partial charge on any atom is -0.494 e. The molecule has 0 saturated carbocycles. The number of carbonyl (C=O) groups excluding carboxylic acids is 1. The van der Waals surface area contributed by atoms with E-state index in [4.69, 9.17) is 4.74 Å². The van der Waals surface area contributed by atoms with Crippen LogP contribution in [0.25, 0.3) is 0 Å². The SMILES string of the molecule is CCOc1ccc(S(=O)(=O)N2CCN([C@H](C)C(=O)N(C(C)C)C(C)C)CC2)cc1. The Kier molecular flexibility index (Phi) is 8.08. The predicted octanol–water partition coefficient (Wildman–Crippen LogP) is 2.43. The lowest BCUT2D eigenvalue weighted by Crippen LogP contribution is -2.57. The van der Waals surface area contributed by atoms with Gasteiger partial charge >= 0.3 is 0 Å². The monoisotopic (exact) mass is 425 g/mol. The van der Waals surface area contributed by atoms with Crippen molar-refractivity contribution in [2.75, 3.05) is 32.8 Å². The van der Waals surface area contributed by atoms with Crippen LogP contribution in [0.3, 0.4) is 0 Å². The zero-order valence-electron chi connectivity index (χ0n) is 18.5. The highest BCUT2D eigenvalue weighted by Gasteiger charge is 2.34. The van der Waals surface area contributed by atoms with Gasteiger partial charge in [0.05, 0.1) is 17.5 Å². The number of amides is 1. The van der Waals surface area contributed by atoms with Gasteiger partial charge in [0, 0.05) is 38.3 Å². The van der Waals surface area contributed by atoms with E-state index in [0.29, 0.717) is 38.5 Å². The van der Waals surface area contributed by atoms with Gasteiger partial charge in [0.15, 0.2) is 0 Å². The summed E-state index contributed by atoms with van der Waals surface area (Å²) >= 11 is 0. The van der Waals surface area contributed by atoms with Crippen molar-refractivity contribution in [2.45, 2.75) is 64.6 Å². The average molecular weight is 426 g/mol. The van der Waals surface area contributed by atoms with Crippen molar-refractivity contribution >= 4 is 15.9 Å². The maximum absolute atomic E-state index is 13.0. The van der Waals surface area contributed by atoms with Gasteiger partial charge in [-0.3, -0.25) is 9.69 Å². The van der Waals surface area contributed by atoms with E-state index in [1.807, 2.05) is 46.4 Å². The molecule has 7 nitrogen and oxygen atoms in total. The highest BCUT2D eigenvalue weighted by Crippen LogP contribution is 2.22. The Labute approximate surface area is 175 Å². The molecule has 0 bridgehead atoms. The number of rotatable bonds is 8. The van der Waals surface area contributed by atoms with E-state index in [0.717, 1.165) is 0 Å². The van der Waals surface area contributed by atoms with Crippen molar-refractivity contribution < 1.29 is 17.9 Å². The van der Waals surface area contributed by atoms with Crippen LogP contribution in [0.2, 0.25) is 0 Å². The Morgan fingerprint density at radius 3 is 1.97 bits per heavy atom. The lowest BCUT2D eigenvalue weighted by Gasteiger charge is -2.40. The maximum atomic E-state index is 13.0. The molecule has 2 rings (SSSR count). The molecule has 1 atom stereocenters. The zero-order chi connectivity index (χ0) is 21.8. The number of benzene rings is 1. The van der Waals surface area contributed by atoms with E-state index in [-0.39, 0.29) is 28.9 Å². The largest absolute Gasteiger partial charge is 0.494 e. The molecule has 0 aromatic heterocycles. The Balaban J connectivity index is 2.02. The van der Waals surface area contributed by atoms with Crippen LogP contribution in [-0.4, -0.2) is 79.3 Å². The highest BCUT2D eigenvalue weighted by molar-refractivity contribution is 7.89. The summed E-state index contributed by atoms with van der Waals surface area (Å²) in [6.07, 6.45) is 0. The molecule has 1 aromatic rings. The smallest absolute Gasteiger partial charge is 0.243 e. The van der Waals surface area contributed by atoms with Gasteiger partial charge in [-0.1, -0.05) is 0 Å². The molecule has 0 radical (unpaired) electrons. The molecule has 1 aromatic carbocycles. The predicted molar refractivity (Wildman–Crippen MR) is 115 cm³/mol. The van der Waals surface area contributed by atoms with E-state index in [1.54, 1.807) is 24.3 Å². The summed E-state index contributed by atoms with van der Waals surface area (Å²) in [5.41, 5.74) is 0. The lowest BCUT2D eigenvalue weighted by molar-refractivity contribution is -0.140. The first-order valence-corrected chi connectivity index (χ1v) is 11.8. The second-order valence-corrected chi connectivity index (χ2v) is 9.89. The first-order chi connectivity index (χ1) is 13.6. The van der Waals surface area contributed by atoms with Crippen LogP contribution in [0.5, 0.6) is 5.75 Å². The molecule has 29 heavy (non-hydrogen) atoms. The van der Waals surface area contributed by atoms with Crippen molar-refractivity contribution in [3.8, 4) is 5.75 Å². The molecule has 0 aliphatic carbocycles. The molecule has 1 heterocycles. The van der Waals surface area contributed by atoms with Crippen molar-refractivity contribution in [3.05, 3.63) is 24.3 Å². The molecule has 1 aliphatic heterocycles. The Bertz CT molecular complexity index is 762. The van der Waals surface area contributed by atoms with Gasteiger partial charge in [-0.2, -0.15) is 4.31 Å². The van der Waals surface area contributed by atoms with Crippen molar-refractivity contribution in [3.63, 3.8) is 0 Å². The summed E-state index contributed by atoms with van der Waals surface area (Å²) in [5, 5.41) is 0. The molecular weight excluding hydrogens is 390 g/mol. The molecule has 0 N–H and O–H groups in total. The van der Waals surface area contributed by atoms with E-state index in [2.05, 4.69) is 4.90 Å². The minimum absolute atomic E-state index is 0.0952. The third-order valence-corrected chi connectivity index (χ3v) is 7.23. The van der Waals surface area contributed by atoms with Gasteiger partial charge in [0.25, 0.3) is 0 Å². The Morgan fingerprint density at radius 1 is 1.00 bits per heavy atom. The van der Waals surface area contributed by atoms with Crippen LogP contribution in [0.15, 0.2) is 29.2 Å². The molecule has 1 fully saturated rings.